The van der Waals surface area contributed by atoms with Crippen molar-refractivity contribution in [3.63, 3.8) is 0 Å². The van der Waals surface area contributed by atoms with Gasteiger partial charge in [0, 0.05) is 6.54 Å². The lowest BCUT2D eigenvalue weighted by molar-refractivity contribution is -0.248. The quantitative estimate of drug-likeness (QED) is 0.217. The minimum absolute atomic E-state index is 0.0227. The fourth-order valence-corrected chi connectivity index (χ4v) is 5.67. The number of halogens is 7. The summed E-state index contributed by atoms with van der Waals surface area (Å²) >= 11 is 0. The number of hydrogen-bond acceptors (Lipinski definition) is 10. The molecule has 8 atom stereocenters. The maximum absolute atomic E-state index is 13.9. The van der Waals surface area contributed by atoms with Gasteiger partial charge in [-0.2, -0.15) is 31.4 Å². The number of morpholine rings is 1. The molecule has 13 nitrogen and oxygen atoms in total. The Hall–Kier alpha value is -3.92. The molecule has 268 valence electrons. The number of nitrogens with zero attached hydrogens (tertiary/aromatic N) is 3. The van der Waals surface area contributed by atoms with Crippen molar-refractivity contribution in [2.45, 2.75) is 74.9 Å². The first kappa shape index (κ1) is 36.4. The van der Waals surface area contributed by atoms with Crippen LogP contribution in [-0.4, -0.2) is 89.9 Å². The molecule has 2 saturated heterocycles. The van der Waals surface area contributed by atoms with E-state index in [9.17, 15) is 60.7 Å². The van der Waals surface area contributed by atoms with Gasteiger partial charge in [0.05, 0.1) is 36.4 Å². The lowest BCUT2D eigenvalue weighted by atomic mass is 9.98. The predicted molar refractivity (Wildman–Crippen MR) is 148 cm³/mol. The average molecular weight is 711 g/mol. The molecule has 0 bridgehead atoms. The molecule has 0 spiro atoms. The summed E-state index contributed by atoms with van der Waals surface area (Å²) in [5.41, 5.74) is -4.29. The van der Waals surface area contributed by atoms with Crippen molar-refractivity contribution >= 4 is 5.97 Å². The van der Waals surface area contributed by atoms with Gasteiger partial charge in [-0.05, 0) is 48.4 Å². The summed E-state index contributed by atoms with van der Waals surface area (Å²) in [7, 11) is 0. The third kappa shape index (κ3) is 7.64. The highest BCUT2D eigenvalue weighted by atomic mass is 19.4. The first-order valence-electron chi connectivity index (χ1n) is 14.5. The zero-order chi connectivity index (χ0) is 36.0. The highest BCUT2D eigenvalue weighted by molar-refractivity contribution is 5.73. The number of aromatic amines is 1. The number of aromatic nitrogens is 3. The summed E-state index contributed by atoms with van der Waals surface area (Å²) < 4.78 is 113. The summed E-state index contributed by atoms with van der Waals surface area (Å²) in [6.45, 7) is 0.773. The van der Waals surface area contributed by atoms with E-state index in [1.54, 1.807) is 4.90 Å². The lowest BCUT2D eigenvalue weighted by Crippen LogP contribution is -2.59. The molecular weight excluding hydrogens is 681 g/mol. The number of alkyl halides is 6. The van der Waals surface area contributed by atoms with E-state index in [-0.39, 0.29) is 31.6 Å². The molecule has 0 aliphatic carbocycles. The number of carboxylic acid groups (broad SMARTS) is 1. The molecular formula is C29H29F7N4O9. The van der Waals surface area contributed by atoms with Gasteiger partial charge in [-0.1, -0.05) is 12.1 Å². The molecule has 5 N–H and O–H groups in total. The fraction of sp³-hybridized carbons (Fsp3) is 0.483. The third-order valence-corrected chi connectivity index (χ3v) is 8.15. The molecule has 3 aromatic rings. The molecule has 2 aliphatic heterocycles. The van der Waals surface area contributed by atoms with Gasteiger partial charge in [0.2, 0.25) is 0 Å². The number of aliphatic hydroxyl groups is 3. The van der Waals surface area contributed by atoms with Gasteiger partial charge in [-0.15, -0.1) is 0 Å². The Bertz CT molecular complexity index is 1670. The molecule has 2 aromatic carbocycles. The van der Waals surface area contributed by atoms with Crippen LogP contribution in [0.5, 0.6) is 0 Å². The molecule has 0 saturated carbocycles. The van der Waals surface area contributed by atoms with Crippen LogP contribution >= 0.6 is 0 Å². The summed E-state index contributed by atoms with van der Waals surface area (Å²) in [6.07, 6.45) is -23.1. The summed E-state index contributed by atoms with van der Waals surface area (Å²) in [6, 6.07) is 4.76. The van der Waals surface area contributed by atoms with Crippen LogP contribution in [-0.2, 0) is 37.9 Å². The van der Waals surface area contributed by atoms with Crippen LogP contribution in [0.15, 0.2) is 47.3 Å². The summed E-state index contributed by atoms with van der Waals surface area (Å²) in [5, 5.41) is 46.5. The van der Waals surface area contributed by atoms with E-state index in [0.29, 0.717) is 22.3 Å². The first-order chi connectivity index (χ1) is 22.9. The Labute approximate surface area is 271 Å². The molecule has 49 heavy (non-hydrogen) atoms. The molecule has 20 heteroatoms. The second kappa shape index (κ2) is 13.8. The number of rotatable bonds is 8. The Kier molecular flexibility index (Phi) is 10.2. The highest BCUT2D eigenvalue weighted by Crippen LogP contribution is 2.40. The topological polar surface area (TPSA) is 180 Å². The normalized spacial score (nSPS) is 27.6. The van der Waals surface area contributed by atoms with Gasteiger partial charge in [0.25, 0.3) is 0 Å². The fourth-order valence-electron chi connectivity index (χ4n) is 5.67. The minimum atomic E-state index is -5.11. The molecule has 1 aromatic heterocycles. The van der Waals surface area contributed by atoms with Crippen molar-refractivity contribution in [3.8, 4) is 0 Å². The number of nitrogens with one attached hydrogen (secondary N) is 1. The standard InChI is InChI=1S/C29H29F7N4O9/c1-12(14-8-15(28(31,32)33)10-16(9-14)29(34,35)36)48-26-19(13-2-4-17(30)5-3-13)39(6-7-47-26)11-18-37-38-27(46)40(18)24-22(43)20(41)21(42)23(49-24)25(44)45/h2-5,8-10,12,19-24,26,41-43H,6-7,11H2,1H3,(H,38,46)(H,44,45)/t12-,19+,20+,21+,22-,23+,24-,26-/m1/s1. The average Bonchev–Trinajstić information content (AvgIpc) is 3.38. The largest absolute Gasteiger partial charge is 0.479 e. The SMILES string of the molecule is C[C@@H](O[C@H]1OCCN(Cc2n[nH]c(=O)n2[C@@H]2O[C@H](C(=O)O)[C@@H](O)[C@H](O)[C@H]2O)[C@H]1c1ccc(F)cc1)c1cc(C(F)(F)F)cc(C(F)(F)F)c1. The van der Waals surface area contributed by atoms with Crippen molar-refractivity contribution in [3.05, 3.63) is 86.8 Å². The number of aliphatic hydroxyl groups excluding tert-OH is 3. The minimum Gasteiger partial charge on any atom is -0.479 e. The van der Waals surface area contributed by atoms with E-state index >= 15 is 0 Å². The maximum Gasteiger partial charge on any atom is 0.416 e. The first-order valence-corrected chi connectivity index (χ1v) is 14.5. The van der Waals surface area contributed by atoms with E-state index in [4.69, 9.17) is 14.2 Å². The van der Waals surface area contributed by atoms with Crippen LogP contribution in [0.2, 0.25) is 0 Å². The number of aliphatic carboxylic acids is 1. The highest BCUT2D eigenvalue weighted by Gasteiger charge is 2.49. The van der Waals surface area contributed by atoms with E-state index in [1.165, 1.54) is 19.1 Å². The van der Waals surface area contributed by atoms with Crippen LogP contribution in [0.3, 0.4) is 0 Å². The zero-order valence-corrected chi connectivity index (χ0v) is 25.1. The third-order valence-electron chi connectivity index (χ3n) is 8.15. The second-order valence-electron chi connectivity index (χ2n) is 11.4. The second-order valence-corrected chi connectivity index (χ2v) is 11.4. The van der Waals surface area contributed by atoms with Crippen LogP contribution in [0.25, 0.3) is 0 Å². The van der Waals surface area contributed by atoms with E-state index in [1.807, 2.05) is 0 Å². The Morgan fingerprint density at radius 3 is 2.20 bits per heavy atom. The summed E-state index contributed by atoms with van der Waals surface area (Å²) in [4.78, 5) is 26.0. The van der Waals surface area contributed by atoms with Gasteiger partial charge in [-0.3, -0.25) is 4.90 Å². The number of hydrogen-bond donors (Lipinski definition) is 5. The van der Waals surface area contributed by atoms with Crippen molar-refractivity contribution in [1.29, 1.82) is 0 Å². The number of benzene rings is 2. The monoisotopic (exact) mass is 710 g/mol. The molecule has 0 amide bonds. The smallest absolute Gasteiger partial charge is 0.416 e. The van der Waals surface area contributed by atoms with Gasteiger partial charge in [-0.25, -0.2) is 23.6 Å². The van der Waals surface area contributed by atoms with E-state index in [0.717, 1.165) is 12.1 Å². The van der Waals surface area contributed by atoms with Gasteiger partial charge < -0.3 is 34.6 Å². The summed E-state index contributed by atoms with van der Waals surface area (Å²) in [5.74, 6) is -2.54. The molecule has 5 rings (SSSR count). The van der Waals surface area contributed by atoms with Crippen molar-refractivity contribution in [2.24, 2.45) is 0 Å². The lowest BCUT2D eigenvalue weighted by Gasteiger charge is -2.42. The van der Waals surface area contributed by atoms with Crippen molar-refractivity contribution < 1.29 is 70.2 Å². The van der Waals surface area contributed by atoms with Crippen LogP contribution < -0.4 is 5.69 Å². The number of carboxylic acids is 1. The Balaban J connectivity index is 1.49. The number of H-pyrrole nitrogens is 1. The van der Waals surface area contributed by atoms with Crippen molar-refractivity contribution in [2.75, 3.05) is 13.2 Å². The van der Waals surface area contributed by atoms with Crippen LogP contribution in [0.4, 0.5) is 30.7 Å². The van der Waals surface area contributed by atoms with Gasteiger partial charge in [0.1, 0.15) is 30.0 Å². The Morgan fingerprint density at radius 1 is 1.02 bits per heavy atom. The number of carbonyl (C=O) groups is 1. The van der Waals surface area contributed by atoms with E-state index < -0.39 is 95.6 Å². The Morgan fingerprint density at radius 2 is 1.63 bits per heavy atom. The molecule has 2 fully saturated rings. The number of ether oxygens (including phenoxy) is 3. The van der Waals surface area contributed by atoms with Gasteiger partial charge in [0.15, 0.2) is 18.6 Å². The molecule has 0 unspecified atom stereocenters. The molecule has 0 radical (unpaired) electrons. The van der Waals surface area contributed by atoms with Gasteiger partial charge >= 0.3 is 24.0 Å². The molecule has 2 aliphatic rings. The van der Waals surface area contributed by atoms with Crippen LogP contribution in [0, 0.1) is 5.82 Å². The maximum atomic E-state index is 13.9. The van der Waals surface area contributed by atoms with Crippen LogP contribution in [0.1, 0.15) is 53.4 Å². The molecule has 3 heterocycles. The van der Waals surface area contributed by atoms with Crippen molar-refractivity contribution in [1.82, 2.24) is 19.7 Å². The van der Waals surface area contributed by atoms with E-state index in [2.05, 4.69) is 10.2 Å². The predicted octanol–water partition coefficient (Wildman–Crippen LogP) is 2.49. The zero-order valence-electron chi connectivity index (χ0n) is 25.1.